The van der Waals surface area contributed by atoms with Crippen LogP contribution in [0.25, 0.3) is 11.2 Å². The Balaban J connectivity index is 1.92. The second-order valence-corrected chi connectivity index (χ2v) is 4.57. The summed E-state index contributed by atoms with van der Waals surface area (Å²) in [7, 11) is 0. The van der Waals surface area contributed by atoms with Crippen molar-refractivity contribution >= 4 is 22.9 Å². The highest BCUT2D eigenvalue weighted by molar-refractivity contribution is 7.99. The van der Waals surface area contributed by atoms with E-state index in [9.17, 15) is 0 Å². The van der Waals surface area contributed by atoms with Crippen LogP contribution in [0.1, 0.15) is 0 Å². The van der Waals surface area contributed by atoms with Gasteiger partial charge in [0.25, 0.3) is 0 Å². The quantitative estimate of drug-likeness (QED) is 0.662. The molecule has 3 rings (SSSR count). The highest BCUT2D eigenvalue weighted by Gasteiger charge is 2.09. The standard InChI is InChI=1S/C11H9N7S/c1-2-7-18-11(15-16-17-18)19-9-4-3-8-10(14-9)13-6-5-12-8/h2-6H,1,7H2. The molecule has 0 amide bonds. The van der Waals surface area contributed by atoms with Gasteiger partial charge in [0.2, 0.25) is 5.16 Å². The Hall–Kier alpha value is -2.35. The zero-order valence-corrected chi connectivity index (χ0v) is 10.7. The van der Waals surface area contributed by atoms with Gasteiger partial charge in [-0.2, -0.15) is 0 Å². The Labute approximate surface area is 112 Å². The third kappa shape index (κ3) is 2.43. The van der Waals surface area contributed by atoms with Crippen LogP contribution in [0.5, 0.6) is 0 Å². The number of rotatable bonds is 4. The van der Waals surface area contributed by atoms with Crippen LogP contribution in [-0.2, 0) is 6.54 Å². The van der Waals surface area contributed by atoms with Crippen molar-refractivity contribution in [2.45, 2.75) is 16.7 Å². The summed E-state index contributed by atoms with van der Waals surface area (Å²) in [4.78, 5) is 12.7. The number of aromatic nitrogens is 7. The summed E-state index contributed by atoms with van der Waals surface area (Å²) >= 11 is 1.38. The lowest BCUT2D eigenvalue weighted by molar-refractivity contribution is 0.614. The van der Waals surface area contributed by atoms with Gasteiger partial charge in [0, 0.05) is 12.4 Å². The van der Waals surface area contributed by atoms with Crippen molar-refractivity contribution in [3.63, 3.8) is 0 Å². The lowest BCUT2D eigenvalue weighted by atomic mass is 10.4. The van der Waals surface area contributed by atoms with Crippen LogP contribution in [0, 0.1) is 0 Å². The van der Waals surface area contributed by atoms with E-state index < -0.39 is 0 Å². The summed E-state index contributed by atoms with van der Waals surface area (Å²) in [5, 5.41) is 12.9. The Bertz CT molecular complexity index is 724. The molecule has 0 aliphatic heterocycles. The minimum atomic E-state index is 0.558. The minimum absolute atomic E-state index is 0.558. The minimum Gasteiger partial charge on any atom is -0.251 e. The van der Waals surface area contributed by atoms with Gasteiger partial charge in [-0.05, 0) is 34.3 Å². The molecule has 8 heteroatoms. The van der Waals surface area contributed by atoms with Crippen molar-refractivity contribution in [3.05, 3.63) is 37.2 Å². The first-order valence-corrected chi connectivity index (χ1v) is 6.31. The molecule has 0 aliphatic rings. The lowest BCUT2D eigenvalue weighted by Gasteiger charge is -2.01. The zero-order chi connectivity index (χ0) is 13.1. The Morgan fingerprint density at radius 1 is 1.26 bits per heavy atom. The lowest BCUT2D eigenvalue weighted by Crippen LogP contribution is -1.99. The molecule has 3 aromatic rings. The molecule has 3 aromatic heterocycles. The predicted molar refractivity (Wildman–Crippen MR) is 69.5 cm³/mol. The van der Waals surface area contributed by atoms with Crippen LogP contribution < -0.4 is 0 Å². The third-order valence-corrected chi connectivity index (χ3v) is 3.21. The smallest absolute Gasteiger partial charge is 0.215 e. The largest absolute Gasteiger partial charge is 0.251 e. The summed E-state index contributed by atoms with van der Waals surface area (Å²) in [6.45, 7) is 4.22. The van der Waals surface area contributed by atoms with E-state index in [2.05, 4.69) is 37.1 Å². The molecule has 0 atom stereocenters. The molecule has 0 saturated carbocycles. The maximum Gasteiger partial charge on any atom is 0.215 e. The zero-order valence-electron chi connectivity index (χ0n) is 9.84. The maximum absolute atomic E-state index is 4.41. The van der Waals surface area contributed by atoms with Gasteiger partial charge in [0.05, 0.1) is 6.54 Å². The fraction of sp³-hybridized carbons (Fsp3) is 0.0909. The first-order chi connectivity index (χ1) is 9.36. The van der Waals surface area contributed by atoms with E-state index in [4.69, 9.17) is 0 Å². The molecule has 0 aromatic carbocycles. The van der Waals surface area contributed by atoms with Crippen molar-refractivity contribution in [1.29, 1.82) is 0 Å². The first kappa shape index (κ1) is 11.7. The van der Waals surface area contributed by atoms with Crippen LogP contribution in [0.2, 0.25) is 0 Å². The fourth-order valence-corrected chi connectivity index (χ4v) is 2.24. The average molecular weight is 271 g/mol. The number of fused-ring (bicyclic) bond motifs is 1. The third-order valence-electron chi connectivity index (χ3n) is 2.30. The summed E-state index contributed by atoms with van der Waals surface area (Å²) in [5.41, 5.74) is 1.37. The van der Waals surface area contributed by atoms with Gasteiger partial charge in [-0.15, -0.1) is 11.7 Å². The number of hydrogen-bond donors (Lipinski definition) is 0. The molecule has 0 fully saturated rings. The van der Waals surface area contributed by atoms with E-state index in [1.54, 1.807) is 23.2 Å². The van der Waals surface area contributed by atoms with Gasteiger partial charge in [0.15, 0.2) is 5.65 Å². The fourth-order valence-electron chi connectivity index (χ4n) is 1.49. The van der Waals surface area contributed by atoms with Crippen LogP contribution >= 0.6 is 11.8 Å². The van der Waals surface area contributed by atoms with E-state index in [-0.39, 0.29) is 0 Å². The number of tetrazole rings is 1. The van der Waals surface area contributed by atoms with Gasteiger partial charge >= 0.3 is 0 Å². The summed E-state index contributed by atoms with van der Waals surface area (Å²) in [6, 6.07) is 3.74. The molecular weight excluding hydrogens is 262 g/mol. The summed E-state index contributed by atoms with van der Waals surface area (Å²) in [6.07, 6.45) is 4.99. The molecule has 0 aliphatic carbocycles. The molecule has 7 nitrogen and oxygen atoms in total. The van der Waals surface area contributed by atoms with Crippen LogP contribution in [0.15, 0.2) is 47.4 Å². The van der Waals surface area contributed by atoms with Crippen LogP contribution in [0.4, 0.5) is 0 Å². The van der Waals surface area contributed by atoms with Crippen molar-refractivity contribution in [1.82, 2.24) is 35.2 Å². The van der Waals surface area contributed by atoms with Gasteiger partial charge in [0.1, 0.15) is 10.5 Å². The topological polar surface area (TPSA) is 82.3 Å². The molecule has 0 bridgehead atoms. The molecule has 94 valence electrons. The second-order valence-electron chi connectivity index (χ2n) is 3.58. The van der Waals surface area contributed by atoms with Crippen molar-refractivity contribution in [2.24, 2.45) is 0 Å². The van der Waals surface area contributed by atoms with E-state index in [1.807, 2.05) is 12.1 Å². The molecular formula is C11H9N7S. The summed E-state index contributed by atoms with van der Waals surface area (Å²) in [5.74, 6) is 0. The van der Waals surface area contributed by atoms with E-state index in [0.29, 0.717) is 17.3 Å². The van der Waals surface area contributed by atoms with Crippen LogP contribution in [0.3, 0.4) is 0 Å². The molecule has 0 unspecified atom stereocenters. The van der Waals surface area contributed by atoms with E-state index in [0.717, 1.165) is 10.5 Å². The normalized spacial score (nSPS) is 10.7. The van der Waals surface area contributed by atoms with E-state index >= 15 is 0 Å². The van der Waals surface area contributed by atoms with Crippen molar-refractivity contribution in [2.75, 3.05) is 0 Å². The van der Waals surface area contributed by atoms with Gasteiger partial charge < -0.3 is 0 Å². The number of allylic oxidation sites excluding steroid dienone is 1. The molecule has 3 heterocycles. The molecule has 0 spiro atoms. The Kier molecular flexibility index (Phi) is 3.15. The van der Waals surface area contributed by atoms with Gasteiger partial charge in [-0.3, -0.25) is 4.98 Å². The van der Waals surface area contributed by atoms with Gasteiger partial charge in [-0.25, -0.2) is 14.6 Å². The maximum atomic E-state index is 4.41. The number of nitrogens with zero attached hydrogens (tertiary/aromatic N) is 7. The summed E-state index contributed by atoms with van der Waals surface area (Å²) < 4.78 is 1.65. The molecule has 0 N–H and O–H groups in total. The van der Waals surface area contributed by atoms with Crippen LogP contribution in [-0.4, -0.2) is 35.2 Å². The number of pyridine rings is 1. The van der Waals surface area contributed by atoms with Crippen molar-refractivity contribution in [3.8, 4) is 0 Å². The second kappa shape index (κ2) is 5.11. The Morgan fingerprint density at radius 2 is 2.16 bits per heavy atom. The molecule has 0 radical (unpaired) electrons. The molecule has 0 saturated heterocycles. The number of hydrogen-bond acceptors (Lipinski definition) is 7. The SMILES string of the molecule is C=CCn1nnnc1Sc1ccc2nccnc2n1. The highest BCUT2D eigenvalue weighted by Crippen LogP contribution is 2.24. The van der Waals surface area contributed by atoms with E-state index in [1.165, 1.54) is 11.8 Å². The first-order valence-electron chi connectivity index (χ1n) is 5.49. The van der Waals surface area contributed by atoms with Crippen molar-refractivity contribution < 1.29 is 0 Å². The molecule has 19 heavy (non-hydrogen) atoms. The monoisotopic (exact) mass is 271 g/mol. The van der Waals surface area contributed by atoms with Gasteiger partial charge in [-0.1, -0.05) is 6.08 Å². The Morgan fingerprint density at radius 3 is 3.05 bits per heavy atom. The predicted octanol–water partition coefficient (Wildman–Crippen LogP) is 1.35. The highest BCUT2D eigenvalue weighted by atomic mass is 32.2. The average Bonchev–Trinajstić information content (AvgIpc) is 2.86.